The van der Waals surface area contributed by atoms with E-state index in [2.05, 4.69) is 10.4 Å². The summed E-state index contributed by atoms with van der Waals surface area (Å²) in [7, 11) is 0. The van der Waals surface area contributed by atoms with Gasteiger partial charge in [-0.15, -0.1) is 0 Å². The van der Waals surface area contributed by atoms with E-state index in [1.54, 1.807) is 12.3 Å². The van der Waals surface area contributed by atoms with Crippen LogP contribution in [0, 0.1) is 12.7 Å². The van der Waals surface area contributed by atoms with E-state index in [0.717, 1.165) is 23.3 Å². The molecule has 2 aromatic heterocycles. The molecule has 21 heavy (non-hydrogen) atoms. The van der Waals surface area contributed by atoms with Gasteiger partial charge in [0.1, 0.15) is 29.0 Å². The standard InChI is InChI=1S/C15H17FN4O/c1-3-20-7-6-18-15(20)13(19-17)14-9(2)11-8-10(16)4-5-12(11)21-14/h4-8,13,19H,3,17H2,1-2H3. The zero-order chi connectivity index (χ0) is 15.0. The van der Waals surface area contributed by atoms with Crippen molar-refractivity contribution in [3.05, 3.63) is 53.6 Å². The number of hydrogen-bond acceptors (Lipinski definition) is 4. The van der Waals surface area contributed by atoms with Crippen molar-refractivity contribution >= 4 is 11.0 Å². The summed E-state index contributed by atoms with van der Waals surface area (Å²) in [5.41, 5.74) is 4.24. The molecule has 0 amide bonds. The van der Waals surface area contributed by atoms with E-state index in [-0.39, 0.29) is 11.9 Å². The maximum absolute atomic E-state index is 13.4. The lowest BCUT2D eigenvalue weighted by Crippen LogP contribution is -2.31. The van der Waals surface area contributed by atoms with Gasteiger partial charge in [-0.25, -0.2) is 14.8 Å². The monoisotopic (exact) mass is 288 g/mol. The van der Waals surface area contributed by atoms with Crippen LogP contribution in [0.3, 0.4) is 0 Å². The second kappa shape index (κ2) is 5.31. The summed E-state index contributed by atoms with van der Waals surface area (Å²) >= 11 is 0. The third-order valence-corrected chi connectivity index (χ3v) is 3.71. The minimum atomic E-state index is -0.379. The highest BCUT2D eigenvalue weighted by atomic mass is 19.1. The third kappa shape index (κ3) is 2.22. The lowest BCUT2D eigenvalue weighted by Gasteiger charge is -2.15. The highest BCUT2D eigenvalue weighted by molar-refractivity contribution is 5.82. The molecule has 2 heterocycles. The zero-order valence-corrected chi connectivity index (χ0v) is 11.9. The molecule has 6 heteroatoms. The second-order valence-electron chi connectivity index (χ2n) is 4.90. The molecule has 3 N–H and O–H groups in total. The Balaban J connectivity index is 2.15. The highest BCUT2D eigenvalue weighted by Gasteiger charge is 2.24. The number of nitrogens with two attached hydrogens (primary N) is 1. The number of halogens is 1. The summed E-state index contributed by atoms with van der Waals surface area (Å²) in [4.78, 5) is 4.35. The first kappa shape index (κ1) is 13.8. The Labute approximate surface area is 121 Å². The number of aryl methyl sites for hydroxylation is 2. The van der Waals surface area contributed by atoms with Crippen molar-refractivity contribution in [1.29, 1.82) is 0 Å². The van der Waals surface area contributed by atoms with Crippen molar-refractivity contribution in [2.75, 3.05) is 0 Å². The molecule has 0 saturated carbocycles. The molecule has 1 atom stereocenters. The third-order valence-electron chi connectivity index (χ3n) is 3.71. The minimum absolute atomic E-state index is 0.287. The summed E-state index contributed by atoms with van der Waals surface area (Å²) < 4.78 is 21.3. The number of aromatic nitrogens is 2. The van der Waals surface area contributed by atoms with Crippen molar-refractivity contribution in [2.24, 2.45) is 5.84 Å². The molecule has 1 aromatic carbocycles. The van der Waals surface area contributed by atoms with Crippen LogP contribution in [0.2, 0.25) is 0 Å². The number of furan rings is 1. The average molecular weight is 288 g/mol. The molecule has 0 aliphatic heterocycles. The predicted molar refractivity (Wildman–Crippen MR) is 78.0 cm³/mol. The van der Waals surface area contributed by atoms with E-state index in [4.69, 9.17) is 10.3 Å². The normalized spacial score (nSPS) is 13.0. The summed E-state index contributed by atoms with van der Waals surface area (Å²) in [5.74, 6) is 6.83. The molecular formula is C15H17FN4O. The molecular weight excluding hydrogens is 271 g/mol. The van der Waals surface area contributed by atoms with Gasteiger partial charge in [0, 0.05) is 29.9 Å². The fourth-order valence-corrected chi connectivity index (χ4v) is 2.60. The molecule has 0 saturated heterocycles. The molecule has 3 rings (SSSR count). The second-order valence-corrected chi connectivity index (χ2v) is 4.90. The lowest BCUT2D eigenvalue weighted by molar-refractivity contribution is 0.449. The van der Waals surface area contributed by atoms with Crippen molar-refractivity contribution in [2.45, 2.75) is 26.4 Å². The van der Waals surface area contributed by atoms with Crippen molar-refractivity contribution in [3.8, 4) is 0 Å². The molecule has 0 aliphatic carbocycles. The van der Waals surface area contributed by atoms with Crippen molar-refractivity contribution < 1.29 is 8.81 Å². The molecule has 5 nitrogen and oxygen atoms in total. The first-order chi connectivity index (χ1) is 10.2. The fourth-order valence-electron chi connectivity index (χ4n) is 2.60. The quantitative estimate of drug-likeness (QED) is 0.572. The van der Waals surface area contributed by atoms with E-state index < -0.39 is 0 Å². The Bertz CT molecular complexity index is 777. The molecule has 3 aromatic rings. The van der Waals surface area contributed by atoms with E-state index in [0.29, 0.717) is 11.3 Å². The minimum Gasteiger partial charge on any atom is -0.459 e. The van der Waals surface area contributed by atoms with Crippen LogP contribution < -0.4 is 11.3 Å². The van der Waals surface area contributed by atoms with Crippen LogP contribution in [-0.2, 0) is 6.54 Å². The van der Waals surface area contributed by atoms with Gasteiger partial charge in [0.2, 0.25) is 0 Å². The van der Waals surface area contributed by atoms with Crippen LogP contribution in [0.15, 0.2) is 35.0 Å². The molecule has 0 radical (unpaired) electrons. The molecule has 0 aliphatic rings. The average Bonchev–Trinajstić information content (AvgIpc) is 3.07. The summed E-state index contributed by atoms with van der Waals surface area (Å²) in [6, 6.07) is 4.10. The van der Waals surface area contributed by atoms with Gasteiger partial charge in [-0.3, -0.25) is 5.84 Å². The summed E-state index contributed by atoms with van der Waals surface area (Å²) in [6.45, 7) is 4.70. The van der Waals surface area contributed by atoms with Crippen LogP contribution in [0.25, 0.3) is 11.0 Å². The van der Waals surface area contributed by atoms with Crippen molar-refractivity contribution in [3.63, 3.8) is 0 Å². The van der Waals surface area contributed by atoms with Gasteiger partial charge in [0.05, 0.1) is 0 Å². The number of nitrogens with one attached hydrogen (secondary N) is 1. The van der Waals surface area contributed by atoms with Crippen LogP contribution >= 0.6 is 0 Å². The van der Waals surface area contributed by atoms with E-state index in [1.165, 1.54) is 12.1 Å². The van der Waals surface area contributed by atoms with Gasteiger partial charge in [-0.2, -0.15) is 0 Å². The Hall–Kier alpha value is -2.18. The van der Waals surface area contributed by atoms with Gasteiger partial charge in [0.15, 0.2) is 0 Å². The van der Waals surface area contributed by atoms with Crippen LogP contribution in [0.4, 0.5) is 4.39 Å². The Morgan fingerprint density at radius 1 is 1.48 bits per heavy atom. The van der Waals surface area contributed by atoms with E-state index >= 15 is 0 Å². The summed E-state index contributed by atoms with van der Waals surface area (Å²) in [5, 5.41) is 0.750. The van der Waals surface area contributed by atoms with Gasteiger partial charge >= 0.3 is 0 Å². The van der Waals surface area contributed by atoms with Gasteiger partial charge in [-0.1, -0.05) is 0 Å². The number of nitrogens with zero attached hydrogens (tertiary/aromatic N) is 2. The van der Waals surface area contributed by atoms with Gasteiger partial charge < -0.3 is 8.98 Å². The number of hydrazine groups is 1. The van der Waals surface area contributed by atoms with E-state index in [1.807, 2.05) is 24.6 Å². The SMILES string of the molecule is CCn1ccnc1C(NN)c1oc2ccc(F)cc2c1C. The van der Waals surface area contributed by atoms with Crippen LogP contribution in [0.5, 0.6) is 0 Å². The zero-order valence-electron chi connectivity index (χ0n) is 11.9. The Kier molecular flexibility index (Phi) is 3.48. The predicted octanol–water partition coefficient (Wildman–Crippen LogP) is 2.65. The number of benzene rings is 1. The Morgan fingerprint density at radius 2 is 2.29 bits per heavy atom. The number of rotatable bonds is 4. The lowest BCUT2D eigenvalue weighted by atomic mass is 10.1. The number of hydrogen-bond donors (Lipinski definition) is 2. The molecule has 0 fully saturated rings. The fraction of sp³-hybridized carbons (Fsp3) is 0.267. The maximum Gasteiger partial charge on any atom is 0.137 e. The smallest absolute Gasteiger partial charge is 0.137 e. The number of imidazole rings is 1. The van der Waals surface area contributed by atoms with Gasteiger partial charge in [0.25, 0.3) is 0 Å². The largest absolute Gasteiger partial charge is 0.459 e. The number of fused-ring (bicyclic) bond motifs is 1. The molecule has 0 bridgehead atoms. The topological polar surface area (TPSA) is 69.0 Å². The van der Waals surface area contributed by atoms with Crippen molar-refractivity contribution in [1.82, 2.24) is 15.0 Å². The van der Waals surface area contributed by atoms with E-state index in [9.17, 15) is 4.39 Å². The van der Waals surface area contributed by atoms with Crippen LogP contribution in [0.1, 0.15) is 30.1 Å². The maximum atomic E-state index is 13.4. The molecule has 1 unspecified atom stereocenters. The Morgan fingerprint density at radius 3 is 3.00 bits per heavy atom. The molecule has 0 spiro atoms. The molecule has 110 valence electrons. The van der Waals surface area contributed by atoms with Crippen LogP contribution in [-0.4, -0.2) is 9.55 Å². The first-order valence-corrected chi connectivity index (χ1v) is 6.81. The van der Waals surface area contributed by atoms with Gasteiger partial charge in [-0.05, 0) is 32.0 Å². The first-order valence-electron chi connectivity index (χ1n) is 6.81. The highest BCUT2D eigenvalue weighted by Crippen LogP contribution is 2.32. The summed E-state index contributed by atoms with van der Waals surface area (Å²) in [6.07, 6.45) is 3.61.